The molecule has 0 aliphatic heterocycles. The molecule has 2 aromatic carbocycles. The Hall–Kier alpha value is -1.20. The van der Waals surface area contributed by atoms with Crippen molar-refractivity contribution in [2.45, 2.75) is 9.79 Å². The zero-order valence-corrected chi connectivity index (χ0v) is 11.2. The average molecular weight is 276 g/mol. The van der Waals surface area contributed by atoms with Gasteiger partial charge in [0.25, 0.3) is 0 Å². The molecule has 2 aromatic rings. The maximum Gasteiger partial charge on any atom is 0.170 e. The summed E-state index contributed by atoms with van der Waals surface area (Å²) in [6.07, 6.45) is 0. The van der Waals surface area contributed by atoms with Crippen LogP contribution in [0.2, 0.25) is 0 Å². The van der Waals surface area contributed by atoms with Gasteiger partial charge in [-0.3, -0.25) is 0 Å². The maximum absolute atomic E-state index is 11.9. The van der Waals surface area contributed by atoms with E-state index in [2.05, 4.69) is 0 Å². The lowest BCUT2D eigenvalue weighted by Crippen LogP contribution is -2.00. The Bertz CT molecular complexity index is 452. The van der Waals surface area contributed by atoms with E-state index in [1.54, 1.807) is 24.3 Å². The molecule has 0 aliphatic rings. The highest BCUT2D eigenvalue weighted by molar-refractivity contribution is 7.97. The lowest BCUT2D eigenvalue weighted by molar-refractivity contribution is 0.600. The van der Waals surface area contributed by atoms with Crippen molar-refractivity contribution >= 4 is 22.4 Å². The first-order valence-corrected chi connectivity index (χ1v) is 7.79. The zero-order chi connectivity index (χ0) is 12.8. The van der Waals surface area contributed by atoms with Crippen molar-refractivity contribution in [2.75, 3.05) is 0 Å². The third kappa shape index (κ3) is 3.65. The molecule has 0 amide bonds. The first-order valence-electron chi connectivity index (χ1n) is 5.37. The van der Waals surface area contributed by atoms with E-state index in [1.165, 1.54) is 10.8 Å². The largest absolute Gasteiger partial charge is 0.607 e. The fourth-order valence-electron chi connectivity index (χ4n) is 1.37. The second-order valence-electron chi connectivity index (χ2n) is 3.49. The molecule has 0 spiro atoms. The molecule has 0 radical (unpaired) electrons. The van der Waals surface area contributed by atoms with Crippen molar-refractivity contribution in [2.24, 2.45) is 0 Å². The van der Waals surface area contributed by atoms with Crippen LogP contribution in [-0.2, 0) is 22.4 Å². The highest BCUT2D eigenvalue weighted by Gasteiger charge is 2.10. The first-order chi connectivity index (χ1) is 8.77. The normalized spacial score (nSPS) is 14.6. The summed E-state index contributed by atoms with van der Waals surface area (Å²) in [4.78, 5) is 1.41. The van der Waals surface area contributed by atoms with Crippen LogP contribution >= 0.6 is 0 Å². The highest BCUT2D eigenvalue weighted by Crippen LogP contribution is 2.15. The van der Waals surface area contributed by atoms with Gasteiger partial charge in [0, 0.05) is 22.4 Å². The van der Waals surface area contributed by atoms with Gasteiger partial charge in [0.1, 0.15) is 0 Å². The van der Waals surface area contributed by atoms with E-state index >= 15 is 0 Å². The van der Waals surface area contributed by atoms with Gasteiger partial charge in [-0.1, -0.05) is 36.4 Å². The Labute approximate surface area is 113 Å². The van der Waals surface area contributed by atoms with Crippen LogP contribution in [0.3, 0.4) is 0 Å². The Morgan fingerprint density at radius 3 is 1.28 bits per heavy atom. The van der Waals surface area contributed by atoms with E-state index in [0.29, 0.717) is 9.79 Å². The fourth-order valence-corrected chi connectivity index (χ4v) is 3.34. The van der Waals surface area contributed by atoms with Gasteiger partial charge in [0.2, 0.25) is 0 Å². The lowest BCUT2D eigenvalue weighted by atomic mass is 10.4. The van der Waals surface area contributed by atoms with Gasteiger partial charge in [0.15, 0.2) is 20.6 Å². The van der Waals surface area contributed by atoms with Crippen molar-refractivity contribution in [3.05, 3.63) is 71.5 Å². The van der Waals surface area contributed by atoms with Crippen molar-refractivity contribution in [3.8, 4) is 0 Å². The molecule has 0 aromatic heterocycles. The summed E-state index contributed by atoms with van der Waals surface area (Å²) in [5.41, 5.74) is 0. The third-order valence-corrected chi connectivity index (χ3v) is 4.67. The Morgan fingerprint density at radius 2 is 0.944 bits per heavy atom. The third-order valence-electron chi connectivity index (χ3n) is 2.25. The van der Waals surface area contributed by atoms with Crippen LogP contribution in [0, 0.1) is 0 Å². The van der Waals surface area contributed by atoms with Gasteiger partial charge in [-0.05, 0) is 24.3 Å². The van der Waals surface area contributed by atoms with Gasteiger partial charge < -0.3 is 9.11 Å². The standard InChI is InChI=1S/C14H12O2S2/c15-17(13-7-3-1-4-8-13)11-12-18(16)14-9-5-2-6-10-14/h1-12H. The summed E-state index contributed by atoms with van der Waals surface area (Å²) in [5, 5.41) is 2.94. The van der Waals surface area contributed by atoms with Crippen LogP contribution in [0.5, 0.6) is 0 Å². The molecular formula is C14H12O2S2. The summed E-state index contributed by atoms with van der Waals surface area (Å²) in [5.74, 6) is 0. The van der Waals surface area contributed by atoms with Crippen molar-refractivity contribution in [1.82, 2.24) is 0 Å². The van der Waals surface area contributed by atoms with E-state index < -0.39 is 22.4 Å². The van der Waals surface area contributed by atoms with Crippen LogP contribution < -0.4 is 0 Å². The minimum Gasteiger partial charge on any atom is -0.607 e. The average Bonchev–Trinajstić information content (AvgIpc) is 2.46. The Balaban J connectivity index is 2.03. The maximum atomic E-state index is 11.9. The van der Waals surface area contributed by atoms with Crippen LogP contribution in [0.1, 0.15) is 0 Å². The molecule has 2 atom stereocenters. The molecule has 0 fully saturated rings. The quantitative estimate of drug-likeness (QED) is 0.806. The number of hydrogen-bond donors (Lipinski definition) is 0. The van der Waals surface area contributed by atoms with Gasteiger partial charge in [-0.15, -0.1) is 0 Å². The van der Waals surface area contributed by atoms with Gasteiger partial charge in [-0.2, -0.15) is 0 Å². The smallest absolute Gasteiger partial charge is 0.170 e. The monoisotopic (exact) mass is 276 g/mol. The predicted molar refractivity (Wildman–Crippen MR) is 74.8 cm³/mol. The second kappa shape index (κ2) is 6.66. The number of hydrogen-bond acceptors (Lipinski definition) is 2. The molecule has 2 rings (SSSR count). The van der Waals surface area contributed by atoms with E-state index in [1.807, 2.05) is 36.4 Å². The summed E-state index contributed by atoms with van der Waals surface area (Å²) in [7, 11) is 0. The van der Waals surface area contributed by atoms with Crippen molar-refractivity contribution in [1.29, 1.82) is 0 Å². The van der Waals surface area contributed by atoms with E-state index in [0.717, 1.165) is 0 Å². The molecule has 4 heteroatoms. The SMILES string of the molecule is [O-][S+](C=C[S+]([O-])c1ccccc1)c1ccccc1. The first kappa shape index (κ1) is 13.2. The molecule has 2 nitrogen and oxygen atoms in total. The van der Waals surface area contributed by atoms with Crippen LogP contribution in [-0.4, -0.2) is 9.11 Å². The molecule has 18 heavy (non-hydrogen) atoms. The molecule has 92 valence electrons. The molecule has 0 heterocycles. The van der Waals surface area contributed by atoms with Gasteiger partial charge in [0.05, 0.1) is 0 Å². The minimum atomic E-state index is -1.25. The van der Waals surface area contributed by atoms with Crippen molar-refractivity contribution < 1.29 is 9.11 Å². The van der Waals surface area contributed by atoms with Crippen LogP contribution in [0.15, 0.2) is 81.3 Å². The Morgan fingerprint density at radius 1 is 0.611 bits per heavy atom. The van der Waals surface area contributed by atoms with Crippen LogP contribution in [0.25, 0.3) is 0 Å². The van der Waals surface area contributed by atoms with Crippen LogP contribution in [0.4, 0.5) is 0 Å². The fraction of sp³-hybridized carbons (Fsp3) is 0. The molecule has 0 saturated carbocycles. The van der Waals surface area contributed by atoms with Gasteiger partial charge >= 0.3 is 0 Å². The molecule has 0 bridgehead atoms. The molecule has 2 unspecified atom stereocenters. The summed E-state index contributed by atoms with van der Waals surface area (Å²) in [6.45, 7) is 0. The van der Waals surface area contributed by atoms with Crippen molar-refractivity contribution in [3.63, 3.8) is 0 Å². The van der Waals surface area contributed by atoms with E-state index in [-0.39, 0.29) is 0 Å². The Kier molecular flexibility index (Phi) is 4.90. The molecule has 0 aliphatic carbocycles. The number of benzene rings is 2. The topological polar surface area (TPSA) is 46.1 Å². The van der Waals surface area contributed by atoms with Gasteiger partial charge in [-0.25, -0.2) is 0 Å². The zero-order valence-electron chi connectivity index (χ0n) is 9.56. The predicted octanol–water partition coefficient (Wildman–Crippen LogP) is 3.07. The lowest BCUT2D eigenvalue weighted by Gasteiger charge is -2.06. The number of rotatable bonds is 4. The second-order valence-corrected chi connectivity index (χ2v) is 6.17. The molecule has 0 N–H and O–H groups in total. The molecular weight excluding hydrogens is 264 g/mol. The summed E-state index contributed by atoms with van der Waals surface area (Å²) >= 11 is -2.50. The molecule has 0 saturated heterocycles. The summed E-state index contributed by atoms with van der Waals surface area (Å²) < 4.78 is 23.7. The van der Waals surface area contributed by atoms with E-state index in [4.69, 9.17) is 0 Å². The minimum absolute atomic E-state index is 0.707. The van der Waals surface area contributed by atoms with E-state index in [9.17, 15) is 9.11 Å². The highest BCUT2D eigenvalue weighted by atomic mass is 32.2. The summed E-state index contributed by atoms with van der Waals surface area (Å²) in [6, 6.07) is 18.2.